The van der Waals surface area contributed by atoms with Crippen LogP contribution >= 0.6 is 0 Å². The molecule has 0 unspecified atom stereocenters. The minimum Gasteiger partial charge on any atom is -0.310 e. The average molecular weight is 1020 g/mol. The quantitative estimate of drug-likeness (QED) is 0.0589. The maximum Gasteiger partial charge on any atom is 0.0464 e. The lowest BCUT2D eigenvalue weighted by molar-refractivity contribution is 0.607. The Kier molecular flexibility index (Phi) is 17.7. The third-order valence-electron chi connectivity index (χ3n) is 16.2. The predicted molar refractivity (Wildman–Crippen MR) is 340 cm³/mol. The number of nitrogens with zero attached hydrogens (tertiary/aromatic N) is 2. The Bertz CT molecular complexity index is 3330. The normalized spacial score (nSPS) is 11.4. The van der Waals surface area contributed by atoms with Crippen LogP contribution in [0.3, 0.4) is 0 Å². The first-order valence-corrected chi connectivity index (χ1v) is 29.4. The van der Waals surface area contributed by atoms with E-state index in [1.54, 1.807) is 0 Å². The van der Waals surface area contributed by atoms with E-state index in [9.17, 15) is 0 Å². The monoisotopic (exact) mass is 1020 g/mol. The van der Waals surface area contributed by atoms with Crippen LogP contribution in [-0.2, 0) is 12.8 Å². The zero-order valence-electron chi connectivity index (χ0n) is 47.4. The van der Waals surface area contributed by atoms with Gasteiger partial charge in [0.25, 0.3) is 0 Å². The van der Waals surface area contributed by atoms with Gasteiger partial charge in [0.2, 0.25) is 0 Å². The van der Waals surface area contributed by atoms with E-state index in [0.717, 1.165) is 24.2 Å². The first kappa shape index (κ1) is 53.7. The molecule has 0 radical (unpaired) electrons. The molecule has 0 bridgehead atoms. The summed E-state index contributed by atoms with van der Waals surface area (Å²) < 4.78 is 0. The summed E-state index contributed by atoms with van der Waals surface area (Å²) in [5, 5.41) is 5.04. The maximum atomic E-state index is 2.43. The van der Waals surface area contributed by atoms with Crippen LogP contribution < -0.4 is 9.80 Å². The fraction of sp³-hybridized carbons (Fsp3) is 0.263. The second kappa shape index (κ2) is 25.6. The summed E-state index contributed by atoms with van der Waals surface area (Å²) in [5.74, 6) is 0. The Hall–Kier alpha value is -7.68. The summed E-state index contributed by atoms with van der Waals surface area (Å²) in [7, 11) is 0. The van der Waals surface area contributed by atoms with E-state index in [1.807, 2.05) is 0 Å². The van der Waals surface area contributed by atoms with Gasteiger partial charge >= 0.3 is 0 Å². The van der Waals surface area contributed by atoms with Crippen molar-refractivity contribution in [3.05, 3.63) is 240 Å². The average Bonchev–Trinajstić information content (AvgIpc) is 3.56. The third kappa shape index (κ3) is 12.7. The lowest BCUT2D eigenvalue weighted by Crippen LogP contribution is -2.10. The van der Waals surface area contributed by atoms with Gasteiger partial charge in [-0.2, -0.15) is 0 Å². The van der Waals surface area contributed by atoms with E-state index in [2.05, 4.69) is 258 Å². The summed E-state index contributed by atoms with van der Waals surface area (Å²) in [5.41, 5.74) is 22.3. The van der Waals surface area contributed by atoms with E-state index < -0.39 is 0 Å². The minimum absolute atomic E-state index is 1.14. The van der Waals surface area contributed by atoms with E-state index in [-0.39, 0.29) is 0 Å². The number of aryl methyl sites for hydroxylation is 6. The Balaban J connectivity index is 0.938. The minimum atomic E-state index is 1.14. The van der Waals surface area contributed by atoms with Gasteiger partial charge in [0, 0.05) is 34.1 Å². The molecule has 2 nitrogen and oxygen atoms in total. The van der Waals surface area contributed by atoms with Gasteiger partial charge in [0.1, 0.15) is 0 Å². The molecule has 78 heavy (non-hydrogen) atoms. The van der Waals surface area contributed by atoms with E-state index in [4.69, 9.17) is 0 Å². The molecule has 0 aromatic heterocycles. The number of fused-ring (bicyclic) bond motifs is 2. The van der Waals surface area contributed by atoms with Crippen LogP contribution in [0, 0.1) is 27.7 Å². The fourth-order valence-electron chi connectivity index (χ4n) is 11.8. The molecule has 10 aromatic carbocycles. The molecule has 0 heterocycles. The third-order valence-corrected chi connectivity index (χ3v) is 16.2. The van der Waals surface area contributed by atoms with Crippen LogP contribution in [-0.4, -0.2) is 0 Å². The van der Waals surface area contributed by atoms with Crippen LogP contribution in [0.5, 0.6) is 0 Å². The summed E-state index contributed by atoms with van der Waals surface area (Å²) in [6.07, 6.45) is 18.1. The van der Waals surface area contributed by atoms with Gasteiger partial charge in [-0.05, 0) is 227 Å². The highest BCUT2D eigenvalue weighted by atomic mass is 15.1. The van der Waals surface area contributed by atoms with Crippen LogP contribution in [0.25, 0.3) is 54.9 Å². The Morgan fingerprint density at radius 3 is 0.987 bits per heavy atom. The molecule has 0 amide bonds. The van der Waals surface area contributed by atoms with Gasteiger partial charge in [0.15, 0.2) is 0 Å². The highest BCUT2D eigenvalue weighted by Gasteiger charge is 2.19. The van der Waals surface area contributed by atoms with Crippen molar-refractivity contribution in [3.8, 4) is 33.4 Å². The van der Waals surface area contributed by atoms with Crippen molar-refractivity contribution >= 4 is 55.7 Å². The number of hydrogen-bond donors (Lipinski definition) is 0. The number of anilines is 6. The summed E-state index contributed by atoms with van der Waals surface area (Å²) >= 11 is 0. The molecular weight excluding hydrogens is 941 g/mol. The number of benzene rings is 10. The van der Waals surface area contributed by atoms with Gasteiger partial charge in [0.05, 0.1) is 0 Å². The summed E-state index contributed by atoms with van der Waals surface area (Å²) in [6, 6.07) is 77.9. The van der Waals surface area contributed by atoms with Crippen LogP contribution in [0.4, 0.5) is 34.1 Å². The predicted octanol–water partition coefficient (Wildman–Crippen LogP) is 23.0. The topological polar surface area (TPSA) is 6.48 Å². The van der Waals surface area contributed by atoms with Crippen LogP contribution in [0.15, 0.2) is 206 Å². The maximum absolute atomic E-state index is 2.43. The molecule has 2 heteroatoms. The van der Waals surface area contributed by atoms with Gasteiger partial charge in [-0.15, -0.1) is 0 Å². The SMILES string of the molecule is CCCCCCCCc1ccc(N(c2ccc(-c3ccc4ccc(C)c(-c5c(C)ccc6ccc(-c7ccc(N(c8ccc(CCCCCCCC)cc8)c8cccc(C)c8)cc7)cc56)c4c3)cc2)c2cccc(C)c2)cc1. The molecule has 0 saturated carbocycles. The number of rotatable bonds is 23. The van der Waals surface area contributed by atoms with Crippen molar-refractivity contribution in [1.29, 1.82) is 0 Å². The van der Waals surface area contributed by atoms with Crippen molar-refractivity contribution in [2.24, 2.45) is 0 Å². The van der Waals surface area contributed by atoms with Crippen molar-refractivity contribution in [2.75, 3.05) is 9.80 Å². The lowest BCUT2D eigenvalue weighted by Gasteiger charge is -2.26. The molecule has 0 aliphatic carbocycles. The standard InChI is InChI=1S/C76H80N2/c1-7-9-11-13-15-17-23-59-29-43-67(44-30-59)77(71-25-19-21-55(3)51-71)69-47-39-61(40-48-69)65-37-35-63-33-27-57(5)75(73(63)53-65)76-58(6)28-34-64-36-38-66(54-74(64)76)62-41-49-70(50-42-62)78(72-26-20-22-56(4)52-72)68-45-31-60(32-46-68)24-18-16-14-12-10-8-2/h19-22,25-54H,7-18,23-24H2,1-6H3. The van der Waals surface area contributed by atoms with Gasteiger partial charge in [-0.3, -0.25) is 0 Å². The molecule has 0 aliphatic rings. The van der Waals surface area contributed by atoms with Crippen molar-refractivity contribution in [1.82, 2.24) is 0 Å². The molecule has 0 fully saturated rings. The van der Waals surface area contributed by atoms with E-state index in [1.165, 1.54) is 188 Å². The summed E-state index contributed by atoms with van der Waals surface area (Å²) in [6.45, 7) is 13.5. The second-order valence-electron chi connectivity index (χ2n) is 22.2. The first-order chi connectivity index (χ1) is 38.2. The van der Waals surface area contributed by atoms with E-state index in [0.29, 0.717) is 0 Å². The molecule has 10 aromatic rings. The Morgan fingerprint density at radius 1 is 0.282 bits per heavy atom. The molecule has 0 aliphatic heterocycles. The zero-order chi connectivity index (χ0) is 53.8. The Labute approximate surface area is 467 Å². The van der Waals surface area contributed by atoms with Crippen molar-refractivity contribution < 1.29 is 0 Å². The van der Waals surface area contributed by atoms with Gasteiger partial charge in [-0.25, -0.2) is 0 Å². The molecule has 394 valence electrons. The van der Waals surface area contributed by atoms with Crippen molar-refractivity contribution in [2.45, 2.75) is 131 Å². The van der Waals surface area contributed by atoms with Crippen LogP contribution in [0.2, 0.25) is 0 Å². The molecule has 10 rings (SSSR count). The first-order valence-electron chi connectivity index (χ1n) is 29.4. The Morgan fingerprint density at radius 2 is 0.615 bits per heavy atom. The zero-order valence-corrected chi connectivity index (χ0v) is 47.4. The molecule has 0 saturated heterocycles. The van der Waals surface area contributed by atoms with Crippen molar-refractivity contribution in [3.63, 3.8) is 0 Å². The van der Waals surface area contributed by atoms with Gasteiger partial charge < -0.3 is 9.80 Å². The molecule has 0 N–H and O–H groups in total. The molecule has 0 atom stereocenters. The number of hydrogen-bond acceptors (Lipinski definition) is 2. The van der Waals surface area contributed by atoms with E-state index >= 15 is 0 Å². The number of unbranched alkanes of at least 4 members (excludes halogenated alkanes) is 10. The molecule has 0 spiro atoms. The van der Waals surface area contributed by atoms with Crippen LogP contribution in [0.1, 0.15) is 124 Å². The second-order valence-corrected chi connectivity index (χ2v) is 22.2. The largest absolute Gasteiger partial charge is 0.310 e. The van der Waals surface area contributed by atoms with Gasteiger partial charge in [-0.1, -0.05) is 199 Å². The highest BCUT2D eigenvalue weighted by Crippen LogP contribution is 2.43. The lowest BCUT2D eigenvalue weighted by atomic mass is 9.86. The summed E-state index contributed by atoms with van der Waals surface area (Å²) in [4.78, 5) is 4.80. The smallest absolute Gasteiger partial charge is 0.0464 e. The fourth-order valence-corrected chi connectivity index (χ4v) is 11.8. The highest BCUT2D eigenvalue weighted by molar-refractivity contribution is 6.09. The molecular formula is C76H80N2.